The van der Waals surface area contributed by atoms with Crippen molar-refractivity contribution in [1.82, 2.24) is 0 Å². The van der Waals surface area contributed by atoms with Crippen LogP contribution in [0.4, 0.5) is 5.69 Å². The molecule has 0 heterocycles. The number of sulfonamides is 1. The van der Waals surface area contributed by atoms with Crippen molar-refractivity contribution < 1.29 is 13.5 Å². The van der Waals surface area contributed by atoms with E-state index in [9.17, 15) is 13.5 Å². The summed E-state index contributed by atoms with van der Waals surface area (Å²) in [5.74, 6) is 0. The number of para-hydroxylation sites is 1. The van der Waals surface area contributed by atoms with Crippen molar-refractivity contribution in [2.24, 2.45) is 0 Å². The molecule has 0 radical (unpaired) electrons. The van der Waals surface area contributed by atoms with Gasteiger partial charge in [0.1, 0.15) is 0 Å². The molecule has 0 aliphatic heterocycles. The maximum absolute atomic E-state index is 12.7. The number of nitrogens with zero attached hydrogens (tertiary/aromatic N) is 1. The smallest absolute Gasteiger partial charge is 0.264 e. The number of benzene rings is 2. The molecule has 2 rings (SSSR count). The highest BCUT2D eigenvalue weighted by molar-refractivity contribution is 7.92. The summed E-state index contributed by atoms with van der Waals surface area (Å²) in [6.07, 6.45) is 0.860. The maximum Gasteiger partial charge on any atom is 0.264 e. The molecule has 2 aromatic carbocycles. The van der Waals surface area contributed by atoms with Crippen LogP contribution in [0.5, 0.6) is 0 Å². The van der Waals surface area contributed by atoms with Crippen LogP contribution in [-0.2, 0) is 16.4 Å². The first-order valence-corrected chi connectivity index (χ1v) is 8.31. The molecule has 21 heavy (non-hydrogen) atoms. The standard InChI is InChI=1S/C16H19NO3S/c1-2-14-8-10-16(11-9-14)21(19,20)17(12-13-18)15-6-4-3-5-7-15/h3-11,18H,2,12-13H2,1H3. The van der Waals surface area contributed by atoms with Gasteiger partial charge in [-0.15, -0.1) is 0 Å². The number of aliphatic hydroxyl groups excluding tert-OH is 1. The minimum atomic E-state index is -3.67. The molecule has 112 valence electrons. The SMILES string of the molecule is CCc1ccc(S(=O)(=O)N(CCO)c2ccccc2)cc1. The Morgan fingerprint density at radius 3 is 2.14 bits per heavy atom. The maximum atomic E-state index is 12.7. The van der Waals surface area contributed by atoms with Crippen LogP contribution in [0.25, 0.3) is 0 Å². The number of aryl methyl sites for hydroxylation is 1. The second kappa shape index (κ2) is 6.74. The zero-order valence-corrected chi connectivity index (χ0v) is 12.8. The lowest BCUT2D eigenvalue weighted by molar-refractivity contribution is 0.306. The summed E-state index contributed by atoms with van der Waals surface area (Å²) in [5, 5.41) is 9.18. The van der Waals surface area contributed by atoms with Crippen molar-refractivity contribution in [3.8, 4) is 0 Å². The van der Waals surface area contributed by atoms with Crippen LogP contribution in [0, 0.1) is 0 Å². The topological polar surface area (TPSA) is 57.6 Å². The van der Waals surface area contributed by atoms with Gasteiger partial charge in [0, 0.05) is 0 Å². The average Bonchev–Trinajstić information content (AvgIpc) is 2.53. The van der Waals surface area contributed by atoms with Crippen molar-refractivity contribution in [1.29, 1.82) is 0 Å². The second-order valence-corrected chi connectivity index (χ2v) is 6.50. The Balaban J connectivity index is 2.42. The first-order chi connectivity index (χ1) is 10.1. The van der Waals surface area contributed by atoms with E-state index in [0.717, 1.165) is 12.0 Å². The van der Waals surface area contributed by atoms with Crippen LogP contribution >= 0.6 is 0 Å². The molecule has 0 aliphatic rings. The Labute approximate surface area is 125 Å². The minimum absolute atomic E-state index is 0.0296. The number of aliphatic hydroxyl groups is 1. The summed E-state index contributed by atoms with van der Waals surface area (Å²) in [6, 6.07) is 15.7. The van der Waals surface area contributed by atoms with Gasteiger partial charge >= 0.3 is 0 Å². The summed E-state index contributed by atoms with van der Waals surface area (Å²) in [5.41, 5.74) is 1.63. The van der Waals surface area contributed by atoms with Gasteiger partial charge in [-0.25, -0.2) is 8.42 Å². The fourth-order valence-corrected chi connectivity index (χ4v) is 3.55. The van der Waals surface area contributed by atoms with Gasteiger partial charge in [-0.05, 0) is 36.2 Å². The molecule has 4 nitrogen and oxygen atoms in total. The van der Waals surface area contributed by atoms with E-state index in [4.69, 9.17) is 0 Å². The minimum Gasteiger partial charge on any atom is -0.394 e. The molecule has 2 aromatic rings. The fourth-order valence-electron chi connectivity index (χ4n) is 2.10. The van der Waals surface area contributed by atoms with E-state index in [-0.39, 0.29) is 18.0 Å². The molecule has 0 unspecified atom stereocenters. The van der Waals surface area contributed by atoms with Crippen molar-refractivity contribution in [2.75, 3.05) is 17.5 Å². The van der Waals surface area contributed by atoms with Gasteiger partial charge < -0.3 is 5.11 Å². The molecule has 0 spiro atoms. The lowest BCUT2D eigenvalue weighted by Crippen LogP contribution is -2.33. The Morgan fingerprint density at radius 2 is 1.62 bits per heavy atom. The Hall–Kier alpha value is -1.85. The van der Waals surface area contributed by atoms with Crippen molar-refractivity contribution in [2.45, 2.75) is 18.2 Å². The highest BCUT2D eigenvalue weighted by atomic mass is 32.2. The Kier molecular flexibility index (Phi) is 4.98. The molecule has 5 heteroatoms. The lowest BCUT2D eigenvalue weighted by Gasteiger charge is -2.23. The quantitative estimate of drug-likeness (QED) is 0.892. The molecule has 1 N–H and O–H groups in total. The first kappa shape index (κ1) is 15.5. The Bertz CT molecular complexity index is 666. The van der Waals surface area contributed by atoms with Gasteiger partial charge in [0.25, 0.3) is 10.0 Å². The van der Waals surface area contributed by atoms with Crippen LogP contribution < -0.4 is 4.31 Å². The molecule has 0 saturated heterocycles. The summed E-state index contributed by atoms with van der Waals surface area (Å²) >= 11 is 0. The van der Waals surface area contributed by atoms with Crippen molar-refractivity contribution in [3.63, 3.8) is 0 Å². The lowest BCUT2D eigenvalue weighted by atomic mass is 10.2. The summed E-state index contributed by atoms with van der Waals surface area (Å²) < 4.78 is 26.7. The summed E-state index contributed by atoms with van der Waals surface area (Å²) in [4.78, 5) is 0.233. The third-order valence-corrected chi connectivity index (χ3v) is 5.11. The van der Waals surface area contributed by atoms with Gasteiger partial charge in [0.15, 0.2) is 0 Å². The molecule has 0 amide bonds. The predicted molar refractivity (Wildman–Crippen MR) is 83.9 cm³/mol. The predicted octanol–water partition coefficient (Wildman–Crippen LogP) is 2.44. The third kappa shape index (κ3) is 3.43. The molecule has 0 atom stereocenters. The Morgan fingerprint density at radius 1 is 1.00 bits per heavy atom. The largest absolute Gasteiger partial charge is 0.394 e. The van der Waals surface area contributed by atoms with Crippen molar-refractivity contribution >= 4 is 15.7 Å². The number of hydrogen-bond donors (Lipinski definition) is 1. The summed E-state index contributed by atoms with van der Waals surface area (Å²) in [6.45, 7) is 1.81. The monoisotopic (exact) mass is 305 g/mol. The molecule has 0 bridgehead atoms. The van der Waals surface area contributed by atoms with Crippen molar-refractivity contribution in [3.05, 3.63) is 60.2 Å². The van der Waals surface area contributed by atoms with Gasteiger partial charge in [0.2, 0.25) is 0 Å². The first-order valence-electron chi connectivity index (χ1n) is 6.87. The van der Waals surface area contributed by atoms with E-state index in [1.54, 1.807) is 36.4 Å². The van der Waals surface area contributed by atoms with Crippen LogP contribution in [-0.4, -0.2) is 26.7 Å². The average molecular weight is 305 g/mol. The van der Waals surface area contributed by atoms with E-state index in [1.807, 2.05) is 25.1 Å². The van der Waals surface area contributed by atoms with E-state index in [1.165, 1.54) is 4.31 Å². The zero-order chi connectivity index (χ0) is 15.3. The number of hydrogen-bond acceptors (Lipinski definition) is 3. The number of rotatable bonds is 6. The van der Waals surface area contributed by atoms with Crippen LogP contribution in [0.1, 0.15) is 12.5 Å². The van der Waals surface area contributed by atoms with Gasteiger partial charge in [-0.2, -0.15) is 0 Å². The number of anilines is 1. The van der Waals surface area contributed by atoms with E-state index in [2.05, 4.69) is 0 Å². The zero-order valence-electron chi connectivity index (χ0n) is 11.9. The fraction of sp³-hybridized carbons (Fsp3) is 0.250. The van der Waals surface area contributed by atoms with Gasteiger partial charge in [-0.3, -0.25) is 4.31 Å². The molecule has 0 saturated carbocycles. The summed E-state index contributed by atoms with van der Waals surface area (Å²) in [7, 11) is -3.67. The van der Waals surface area contributed by atoms with E-state index >= 15 is 0 Å². The molecular weight excluding hydrogens is 286 g/mol. The highest BCUT2D eigenvalue weighted by Gasteiger charge is 2.24. The van der Waals surface area contributed by atoms with E-state index < -0.39 is 10.0 Å². The molecule has 0 aromatic heterocycles. The van der Waals surface area contributed by atoms with E-state index in [0.29, 0.717) is 5.69 Å². The van der Waals surface area contributed by atoms with Crippen LogP contribution in [0.15, 0.2) is 59.5 Å². The molecular formula is C16H19NO3S. The van der Waals surface area contributed by atoms with Crippen LogP contribution in [0.3, 0.4) is 0 Å². The van der Waals surface area contributed by atoms with Gasteiger partial charge in [0.05, 0.1) is 23.7 Å². The molecule has 0 fully saturated rings. The normalized spacial score (nSPS) is 11.3. The second-order valence-electron chi connectivity index (χ2n) is 4.63. The highest BCUT2D eigenvalue weighted by Crippen LogP contribution is 2.23. The third-order valence-electron chi connectivity index (χ3n) is 3.27. The van der Waals surface area contributed by atoms with Gasteiger partial charge in [-0.1, -0.05) is 37.3 Å². The molecule has 0 aliphatic carbocycles. The van der Waals surface area contributed by atoms with Crippen LogP contribution in [0.2, 0.25) is 0 Å².